The van der Waals surface area contributed by atoms with E-state index in [1.54, 1.807) is 31.4 Å². The van der Waals surface area contributed by atoms with E-state index in [1.807, 2.05) is 55.5 Å². The second kappa shape index (κ2) is 8.75. The van der Waals surface area contributed by atoms with E-state index in [4.69, 9.17) is 4.74 Å². The molecule has 2 aromatic heterocycles. The maximum atomic E-state index is 11.8. The number of benzene rings is 2. The number of amides is 1. The van der Waals surface area contributed by atoms with Crippen LogP contribution in [0, 0.1) is 6.92 Å². The number of rotatable bonds is 6. The van der Waals surface area contributed by atoms with Crippen molar-refractivity contribution < 1.29 is 9.53 Å². The minimum atomic E-state index is -0.141. The number of nitrogens with zero attached hydrogens (tertiary/aromatic N) is 2. The van der Waals surface area contributed by atoms with Crippen LogP contribution in [0.4, 0.5) is 11.5 Å². The van der Waals surface area contributed by atoms with Gasteiger partial charge in [0.05, 0.1) is 5.01 Å². The predicted octanol–water partition coefficient (Wildman–Crippen LogP) is 5.41. The van der Waals surface area contributed by atoms with E-state index in [2.05, 4.69) is 20.6 Å². The van der Waals surface area contributed by atoms with Crippen molar-refractivity contribution in [3.05, 3.63) is 83.5 Å². The van der Waals surface area contributed by atoms with E-state index in [0.29, 0.717) is 17.1 Å². The lowest BCUT2D eigenvalue weighted by Crippen LogP contribution is -2.17. The van der Waals surface area contributed by atoms with Crippen LogP contribution < -0.4 is 15.4 Å². The van der Waals surface area contributed by atoms with E-state index in [1.165, 1.54) is 11.3 Å². The SMILES string of the molecule is CNC(=O)c1cccc(Nc2cc(Oc3sc(C)nc3-c3ccccc3)ccn2)c1. The summed E-state index contributed by atoms with van der Waals surface area (Å²) in [5.74, 6) is 1.12. The first-order valence-corrected chi connectivity index (χ1v) is 10.2. The molecule has 7 heteroatoms. The molecule has 0 aliphatic heterocycles. The molecule has 1 amide bonds. The third-order valence-corrected chi connectivity index (χ3v) is 5.17. The van der Waals surface area contributed by atoms with Gasteiger partial charge >= 0.3 is 0 Å². The molecule has 30 heavy (non-hydrogen) atoms. The van der Waals surface area contributed by atoms with Crippen LogP contribution in [0.2, 0.25) is 0 Å². The van der Waals surface area contributed by atoms with Crippen LogP contribution in [0.3, 0.4) is 0 Å². The lowest BCUT2D eigenvalue weighted by atomic mass is 10.2. The third kappa shape index (κ3) is 4.47. The summed E-state index contributed by atoms with van der Waals surface area (Å²) < 4.78 is 6.15. The van der Waals surface area contributed by atoms with Crippen LogP contribution in [0.15, 0.2) is 72.9 Å². The molecule has 0 bridgehead atoms. The maximum Gasteiger partial charge on any atom is 0.251 e. The smallest absolute Gasteiger partial charge is 0.251 e. The standard InChI is InChI=1S/C23H20N4O2S/c1-15-26-21(16-7-4-3-5-8-16)23(30-15)29-19-11-12-25-20(14-19)27-18-10-6-9-17(13-18)22(28)24-2/h3-14H,1-2H3,(H,24,28)(H,25,27). The van der Waals surface area contributed by atoms with E-state index in [-0.39, 0.29) is 5.91 Å². The average molecular weight is 417 g/mol. The van der Waals surface area contributed by atoms with Crippen LogP contribution in [0.1, 0.15) is 15.4 Å². The lowest BCUT2D eigenvalue weighted by Gasteiger charge is -2.10. The highest BCUT2D eigenvalue weighted by Gasteiger charge is 2.14. The van der Waals surface area contributed by atoms with Crippen molar-refractivity contribution in [3.63, 3.8) is 0 Å². The molecule has 2 N–H and O–H groups in total. The Bertz CT molecular complexity index is 1170. The molecule has 0 unspecified atom stereocenters. The molecule has 2 aromatic carbocycles. The molecule has 0 atom stereocenters. The number of ether oxygens (including phenoxy) is 1. The Kier molecular flexibility index (Phi) is 5.72. The molecule has 6 nitrogen and oxygen atoms in total. The molecule has 0 saturated carbocycles. The van der Waals surface area contributed by atoms with Crippen LogP contribution in [0.5, 0.6) is 10.8 Å². The second-order valence-corrected chi connectivity index (χ2v) is 7.66. The van der Waals surface area contributed by atoms with Gasteiger partial charge in [0.2, 0.25) is 5.06 Å². The summed E-state index contributed by atoms with van der Waals surface area (Å²) in [5, 5.41) is 7.51. The fourth-order valence-electron chi connectivity index (χ4n) is 2.94. The van der Waals surface area contributed by atoms with Crippen LogP contribution in [0.25, 0.3) is 11.3 Å². The number of hydrogen-bond donors (Lipinski definition) is 2. The summed E-state index contributed by atoms with van der Waals surface area (Å²) >= 11 is 1.50. The zero-order valence-corrected chi connectivity index (χ0v) is 17.4. The second-order valence-electron chi connectivity index (χ2n) is 6.50. The van der Waals surface area contributed by atoms with Crippen molar-refractivity contribution in [1.82, 2.24) is 15.3 Å². The Morgan fingerprint density at radius 1 is 1.03 bits per heavy atom. The van der Waals surface area contributed by atoms with E-state index < -0.39 is 0 Å². The normalized spacial score (nSPS) is 10.5. The number of carbonyl (C=O) groups is 1. The molecule has 0 aliphatic carbocycles. The van der Waals surface area contributed by atoms with E-state index in [9.17, 15) is 4.79 Å². The highest BCUT2D eigenvalue weighted by molar-refractivity contribution is 7.13. The predicted molar refractivity (Wildman–Crippen MR) is 120 cm³/mol. The number of thiazole rings is 1. The van der Waals surface area contributed by atoms with Crippen molar-refractivity contribution in [2.24, 2.45) is 0 Å². The Hall–Kier alpha value is -3.71. The van der Waals surface area contributed by atoms with E-state index in [0.717, 1.165) is 27.0 Å². The summed E-state index contributed by atoms with van der Waals surface area (Å²) in [6.07, 6.45) is 1.68. The van der Waals surface area contributed by atoms with Crippen molar-refractivity contribution in [1.29, 1.82) is 0 Å². The minimum absolute atomic E-state index is 0.141. The van der Waals surface area contributed by atoms with Crippen LogP contribution in [-0.2, 0) is 0 Å². The number of pyridine rings is 1. The number of hydrogen-bond acceptors (Lipinski definition) is 6. The van der Waals surface area contributed by atoms with Gasteiger partial charge in [-0.15, -0.1) is 0 Å². The molecule has 4 rings (SSSR count). The number of nitrogens with one attached hydrogen (secondary N) is 2. The summed E-state index contributed by atoms with van der Waals surface area (Å²) in [6.45, 7) is 1.96. The first-order chi connectivity index (χ1) is 14.6. The summed E-state index contributed by atoms with van der Waals surface area (Å²) in [4.78, 5) is 20.8. The molecular formula is C23H20N4O2S. The Balaban J connectivity index is 1.56. The molecule has 150 valence electrons. The topological polar surface area (TPSA) is 76.1 Å². The monoisotopic (exact) mass is 416 g/mol. The third-order valence-electron chi connectivity index (χ3n) is 4.32. The number of anilines is 2. The van der Waals surface area contributed by atoms with Crippen molar-refractivity contribution in [3.8, 4) is 22.1 Å². The molecule has 0 aliphatic rings. The zero-order valence-electron chi connectivity index (χ0n) is 16.5. The van der Waals surface area contributed by atoms with Crippen molar-refractivity contribution in [2.75, 3.05) is 12.4 Å². The maximum absolute atomic E-state index is 11.8. The van der Waals surface area contributed by atoms with Gasteiger partial charge in [-0.3, -0.25) is 4.79 Å². The number of carbonyl (C=O) groups excluding carboxylic acids is 1. The summed E-state index contributed by atoms with van der Waals surface area (Å²) in [7, 11) is 1.61. The van der Waals surface area contributed by atoms with Crippen LogP contribution in [-0.4, -0.2) is 22.9 Å². The molecule has 0 radical (unpaired) electrons. The fraction of sp³-hybridized carbons (Fsp3) is 0.0870. The minimum Gasteiger partial charge on any atom is -0.444 e. The Labute approximate surface area is 178 Å². The molecule has 2 heterocycles. The summed E-state index contributed by atoms with van der Waals surface area (Å²) in [5.41, 5.74) is 3.17. The molecule has 0 spiro atoms. The molecule has 0 saturated heterocycles. The first-order valence-electron chi connectivity index (χ1n) is 9.38. The highest BCUT2D eigenvalue weighted by atomic mass is 32.1. The number of aromatic nitrogens is 2. The number of aryl methyl sites for hydroxylation is 1. The van der Waals surface area contributed by atoms with Crippen molar-refractivity contribution in [2.45, 2.75) is 6.92 Å². The Morgan fingerprint density at radius 2 is 1.87 bits per heavy atom. The highest BCUT2D eigenvalue weighted by Crippen LogP contribution is 2.38. The van der Waals surface area contributed by atoms with Gasteiger partial charge in [-0.05, 0) is 31.2 Å². The van der Waals surface area contributed by atoms with Gasteiger partial charge in [-0.1, -0.05) is 47.7 Å². The molecule has 0 fully saturated rings. The van der Waals surface area contributed by atoms with E-state index >= 15 is 0 Å². The fourth-order valence-corrected chi connectivity index (χ4v) is 3.74. The lowest BCUT2D eigenvalue weighted by molar-refractivity contribution is 0.0963. The molecule has 4 aromatic rings. The average Bonchev–Trinajstić information content (AvgIpc) is 3.14. The van der Waals surface area contributed by atoms with Gasteiger partial charge in [0.1, 0.15) is 17.3 Å². The Morgan fingerprint density at radius 3 is 2.67 bits per heavy atom. The van der Waals surface area contributed by atoms with Gasteiger partial charge in [-0.25, -0.2) is 9.97 Å². The van der Waals surface area contributed by atoms with Crippen molar-refractivity contribution >= 4 is 28.7 Å². The van der Waals surface area contributed by atoms with Gasteiger partial charge in [-0.2, -0.15) is 0 Å². The molecular weight excluding hydrogens is 396 g/mol. The van der Waals surface area contributed by atoms with Gasteiger partial charge in [0, 0.05) is 36.1 Å². The first kappa shape index (κ1) is 19.6. The summed E-state index contributed by atoms with van der Waals surface area (Å²) in [6, 6.07) is 20.8. The van der Waals surface area contributed by atoms with Crippen LogP contribution >= 0.6 is 11.3 Å². The zero-order chi connectivity index (χ0) is 20.9. The van der Waals surface area contributed by atoms with Gasteiger partial charge < -0.3 is 15.4 Å². The largest absolute Gasteiger partial charge is 0.444 e. The van der Waals surface area contributed by atoms with Gasteiger partial charge in [0.25, 0.3) is 5.91 Å². The van der Waals surface area contributed by atoms with Gasteiger partial charge in [0.15, 0.2) is 0 Å². The quantitative estimate of drug-likeness (QED) is 0.440.